The molecule has 1 amide bonds. The van der Waals surface area contributed by atoms with E-state index >= 15 is 0 Å². The van der Waals surface area contributed by atoms with E-state index < -0.39 is 0 Å². The van der Waals surface area contributed by atoms with E-state index in [-0.39, 0.29) is 5.92 Å². The molecule has 3 heterocycles. The van der Waals surface area contributed by atoms with Gasteiger partial charge in [-0.3, -0.25) is 14.6 Å². The molecule has 1 atom stereocenters. The fraction of sp³-hybridized carbons (Fsp3) is 0.480. The second-order valence-electron chi connectivity index (χ2n) is 8.95. The number of amides is 1. The highest BCUT2D eigenvalue weighted by molar-refractivity contribution is 6.31. The van der Waals surface area contributed by atoms with Crippen LogP contribution in [0.3, 0.4) is 0 Å². The molecule has 2 saturated heterocycles. The molecule has 0 radical (unpaired) electrons. The molecule has 170 valence electrons. The average Bonchev–Trinajstić information content (AvgIpc) is 3.29. The highest BCUT2D eigenvalue weighted by Crippen LogP contribution is 2.33. The highest BCUT2D eigenvalue weighted by Gasteiger charge is 2.31. The van der Waals surface area contributed by atoms with Crippen LogP contribution in [-0.2, 0) is 17.9 Å². The number of fused-ring (bicyclic) bond motifs is 1. The van der Waals surface area contributed by atoms with Crippen LogP contribution >= 0.6 is 11.6 Å². The van der Waals surface area contributed by atoms with E-state index in [0.29, 0.717) is 12.7 Å². The number of benzene rings is 2. The summed E-state index contributed by atoms with van der Waals surface area (Å²) in [6, 6.07) is 14.1. The Kier molecular flexibility index (Phi) is 6.53. The molecular weight excluding hydrogens is 426 g/mol. The first-order valence-electron chi connectivity index (χ1n) is 11.5. The van der Waals surface area contributed by atoms with Gasteiger partial charge < -0.3 is 14.4 Å². The molecule has 0 aliphatic carbocycles. The summed E-state index contributed by atoms with van der Waals surface area (Å²) < 4.78 is 10.9. The predicted molar refractivity (Wildman–Crippen MR) is 124 cm³/mol. The zero-order chi connectivity index (χ0) is 21.9. The molecule has 0 N–H and O–H groups in total. The number of carbonyl (C=O) groups excluding carboxylic acids is 1. The van der Waals surface area contributed by atoms with Crippen molar-refractivity contribution in [1.82, 2.24) is 14.7 Å². The fourth-order valence-electron chi connectivity index (χ4n) is 4.95. The predicted octanol–water partition coefficient (Wildman–Crippen LogP) is 3.63. The summed E-state index contributed by atoms with van der Waals surface area (Å²) in [5.41, 5.74) is 2.36. The minimum atomic E-state index is 0.0895. The van der Waals surface area contributed by atoms with Gasteiger partial charge in [0.25, 0.3) is 0 Å². The van der Waals surface area contributed by atoms with Gasteiger partial charge in [-0.1, -0.05) is 35.9 Å². The maximum atomic E-state index is 13.2. The molecule has 2 aromatic rings. The van der Waals surface area contributed by atoms with Crippen LogP contribution in [0.2, 0.25) is 5.02 Å². The summed E-state index contributed by atoms with van der Waals surface area (Å²) in [6.07, 6.45) is 2.04. The lowest BCUT2D eigenvalue weighted by molar-refractivity contribution is -0.139. The lowest BCUT2D eigenvalue weighted by atomic mass is 9.95. The Morgan fingerprint density at radius 1 is 0.938 bits per heavy atom. The van der Waals surface area contributed by atoms with E-state index in [1.807, 2.05) is 24.3 Å². The molecular formula is C25H30ClN3O3. The molecule has 5 rings (SSSR count). The van der Waals surface area contributed by atoms with Crippen LogP contribution < -0.4 is 9.47 Å². The highest BCUT2D eigenvalue weighted by atomic mass is 35.5. The molecule has 0 spiro atoms. The van der Waals surface area contributed by atoms with E-state index in [0.717, 1.165) is 87.3 Å². The van der Waals surface area contributed by atoms with Crippen molar-refractivity contribution < 1.29 is 14.3 Å². The number of likely N-dealkylation sites (tertiary alicyclic amines) is 1. The average molecular weight is 456 g/mol. The summed E-state index contributed by atoms with van der Waals surface area (Å²) in [7, 11) is 0. The first-order chi connectivity index (χ1) is 15.7. The fourth-order valence-corrected chi connectivity index (χ4v) is 5.15. The maximum Gasteiger partial charge on any atom is 0.231 e. The number of piperazine rings is 1. The lowest BCUT2D eigenvalue weighted by Crippen LogP contribution is -2.52. The second-order valence-corrected chi connectivity index (χ2v) is 9.36. The number of nitrogens with zero attached hydrogens (tertiary/aromatic N) is 3. The Morgan fingerprint density at radius 3 is 2.59 bits per heavy atom. The Bertz CT molecular complexity index is 961. The van der Waals surface area contributed by atoms with Gasteiger partial charge >= 0.3 is 0 Å². The van der Waals surface area contributed by atoms with Gasteiger partial charge in [0.05, 0.1) is 5.92 Å². The monoisotopic (exact) mass is 455 g/mol. The van der Waals surface area contributed by atoms with Crippen LogP contribution in [-0.4, -0.2) is 66.7 Å². The van der Waals surface area contributed by atoms with Gasteiger partial charge in [-0.2, -0.15) is 0 Å². The lowest BCUT2D eigenvalue weighted by Gasteiger charge is -2.39. The quantitative estimate of drug-likeness (QED) is 0.689. The summed E-state index contributed by atoms with van der Waals surface area (Å²) in [5, 5.41) is 0.805. The number of halogens is 1. The Balaban J connectivity index is 1.12. The molecule has 2 fully saturated rings. The van der Waals surface area contributed by atoms with Crippen molar-refractivity contribution in [3.05, 3.63) is 58.6 Å². The van der Waals surface area contributed by atoms with E-state index in [2.05, 4.69) is 32.9 Å². The third-order valence-corrected chi connectivity index (χ3v) is 7.10. The van der Waals surface area contributed by atoms with Gasteiger partial charge in [0.1, 0.15) is 0 Å². The van der Waals surface area contributed by atoms with E-state index in [1.54, 1.807) is 0 Å². The number of rotatable bonds is 5. The van der Waals surface area contributed by atoms with Crippen LogP contribution in [0.25, 0.3) is 0 Å². The number of carbonyl (C=O) groups is 1. The van der Waals surface area contributed by atoms with Gasteiger partial charge in [-0.15, -0.1) is 0 Å². The SMILES string of the molecule is O=C(C1CCCN(Cc2ccccc2Cl)C1)N1CCN(Cc2ccc3c(c2)OCO3)CC1. The molecule has 32 heavy (non-hydrogen) atoms. The van der Waals surface area contributed by atoms with E-state index in [4.69, 9.17) is 21.1 Å². The zero-order valence-corrected chi connectivity index (χ0v) is 19.1. The molecule has 3 aliphatic rings. The van der Waals surface area contributed by atoms with E-state index in [9.17, 15) is 4.79 Å². The maximum absolute atomic E-state index is 13.2. The number of ether oxygens (including phenoxy) is 2. The van der Waals surface area contributed by atoms with Crippen LogP contribution in [0.15, 0.2) is 42.5 Å². The molecule has 6 nitrogen and oxygen atoms in total. The Labute approximate surface area is 194 Å². The Hall–Kier alpha value is -2.28. The van der Waals surface area contributed by atoms with Gasteiger partial charge in [-0.05, 0) is 48.7 Å². The number of piperidine rings is 1. The van der Waals surface area contributed by atoms with Gasteiger partial charge in [0.2, 0.25) is 12.7 Å². The molecule has 3 aliphatic heterocycles. The number of hydrogen-bond donors (Lipinski definition) is 0. The zero-order valence-electron chi connectivity index (χ0n) is 18.3. The smallest absolute Gasteiger partial charge is 0.231 e. The van der Waals surface area contributed by atoms with Crippen LogP contribution in [0.4, 0.5) is 0 Å². The first kappa shape index (κ1) is 21.6. The molecule has 0 saturated carbocycles. The van der Waals surface area contributed by atoms with Gasteiger partial charge in [-0.25, -0.2) is 0 Å². The first-order valence-corrected chi connectivity index (χ1v) is 11.9. The minimum Gasteiger partial charge on any atom is -0.454 e. The molecule has 7 heteroatoms. The van der Waals surface area contributed by atoms with E-state index in [1.165, 1.54) is 5.56 Å². The molecule has 1 unspecified atom stereocenters. The van der Waals surface area contributed by atoms with Gasteiger partial charge in [0.15, 0.2) is 11.5 Å². The number of hydrogen-bond acceptors (Lipinski definition) is 5. The summed E-state index contributed by atoms with van der Waals surface area (Å²) >= 11 is 6.34. The van der Waals surface area contributed by atoms with Crippen LogP contribution in [0.5, 0.6) is 11.5 Å². The third kappa shape index (κ3) is 4.87. The summed E-state index contributed by atoms with van der Waals surface area (Å²) in [6.45, 7) is 7.22. The van der Waals surface area contributed by atoms with Crippen molar-refractivity contribution >= 4 is 17.5 Å². The van der Waals surface area contributed by atoms with Gasteiger partial charge in [0, 0.05) is 50.8 Å². The molecule has 0 bridgehead atoms. The minimum absolute atomic E-state index is 0.0895. The van der Waals surface area contributed by atoms with Crippen molar-refractivity contribution in [2.75, 3.05) is 46.1 Å². The van der Waals surface area contributed by atoms with Crippen molar-refractivity contribution in [2.24, 2.45) is 5.92 Å². The Morgan fingerprint density at radius 2 is 1.75 bits per heavy atom. The van der Waals surface area contributed by atoms with Crippen LogP contribution in [0, 0.1) is 5.92 Å². The standard InChI is InChI=1S/C25H30ClN3O3/c26-22-6-2-1-4-20(22)16-28-9-3-5-21(17-28)25(30)29-12-10-27(11-13-29)15-19-7-8-23-24(14-19)32-18-31-23/h1-2,4,6-8,14,21H,3,5,9-13,15-18H2. The summed E-state index contributed by atoms with van der Waals surface area (Å²) in [4.78, 5) is 20.1. The van der Waals surface area contributed by atoms with Crippen molar-refractivity contribution in [1.29, 1.82) is 0 Å². The molecule has 0 aromatic heterocycles. The normalized spacial score (nSPS) is 21.7. The summed E-state index contributed by atoms with van der Waals surface area (Å²) in [5.74, 6) is 2.05. The molecule has 2 aromatic carbocycles. The largest absolute Gasteiger partial charge is 0.454 e. The van der Waals surface area contributed by atoms with Crippen LogP contribution in [0.1, 0.15) is 24.0 Å². The second kappa shape index (κ2) is 9.69. The van der Waals surface area contributed by atoms with Crippen molar-refractivity contribution in [3.8, 4) is 11.5 Å². The third-order valence-electron chi connectivity index (χ3n) is 6.73. The van der Waals surface area contributed by atoms with Crippen molar-refractivity contribution in [3.63, 3.8) is 0 Å². The topological polar surface area (TPSA) is 45.3 Å². The van der Waals surface area contributed by atoms with Crippen molar-refractivity contribution in [2.45, 2.75) is 25.9 Å².